The highest BCUT2D eigenvalue weighted by atomic mass is 16.5. The van der Waals surface area contributed by atoms with Crippen molar-refractivity contribution in [1.29, 1.82) is 0 Å². The van der Waals surface area contributed by atoms with Crippen molar-refractivity contribution < 1.29 is 14.3 Å². The fraction of sp³-hybridized carbons (Fsp3) is 0.529. The Bertz CT molecular complexity index is 496. The van der Waals surface area contributed by atoms with E-state index in [1.54, 1.807) is 12.1 Å². The third-order valence-electron chi connectivity index (χ3n) is 3.30. The molecule has 0 aliphatic rings. The van der Waals surface area contributed by atoms with Crippen LogP contribution in [0, 0.1) is 5.92 Å². The first-order valence-corrected chi connectivity index (χ1v) is 7.81. The molecule has 1 aromatic rings. The quantitative estimate of drug-likeness (QED) is 0.776. The molecule has 0 saturated heterocycles. The number of amides is 2. The van der Waals surface area contributed by atoms with Crippen molar-refractivity contribution >= 4 is 17.5 Å². The summed E-state index contributed by atoms with van der Waals surface area (Å²) in [5.74, 6) is 0.243. The second kappa shape index (κ2) is 9.07. The van der Waals surface area contributed by atoms with Crippen LogP contribution in [0.1, 0.15) is 40.5 Å². The van der Waals surface area contributed by atoms with Gasteiger partial charge in [0.1, 0.15) is 5.75 Å². The van der Waals surface area contributed by atoms with Gasteiger partial charge in [0.25, 0.3) is 0 Å². The zero-order valence-electron chi connectivity index (χ0n) is 13.8. The highest BCUT2D eigenvalue weighted by molar-refractivity contribution is 5.95. The monoisotopic (exact) mass is 306 g/mol. The van der Waals surface area contributed by atoms with Crippen LogP contribution in [0.3, 0.4) is 0 Å². The van der Waals surface area contributed by atoms with Gasteiger partial charge in [-0.1, -0.05) is 26.0 Å². The van der Waals surface area contributed by atoms with E-state index in [0.717, 1.165) is 12.8 Å². The molecule has 2 amide bonds. The minimum Gasteiger partial charge on any atom is -0.489 e. The lowest BCUT2D eigenvalue weighted by Gasteiger charge is -2.16. The Morgan fingerprint density at radius 2 is 1.77 bits per heavy atom. The molecule has 0 fully saturated rings. The average molecular weight is 306 g/mol. The summed E-state index contributed by atoms with van der Waals surface area (Å²) in [7, 11) is 0. The molecule has 0 spiro atoms. The van der Waals surface area contributed by atoms with Crippen molar-refractivity contribution in [2.24, 2.45) is 5.92 Å². The number of anilines is 1. The van der Waals surface area contributed by atoms with Crippen LogP contribution in [-0.2, 0) is 9.59 Å². The van der Waals surface area contributed by atoms with Gasteiger partial charge in [-0.05, 0) is 38.8 Å². The molecule has 0 unspecified atom stereocenters. The lowest BCUT2D eigenvalue weighted by Crippen LogP contribution is -2.36. The van der Waals surface area contributed by atoms with Crippen LogP contribution in [0.4, 0.5) is 5.69 Å². The Kier molecular flexibility index (Phi) is 7.43. The molecule has 1 rings (SSSR count). The van der Waals surface area contributed by atoms with Crippen molar-refractivity contribution in [1.82, 2.24) is 5.32 Å². The molecule has 0 heterocycles. The van der Waals surface area contributed by atoms with Gasteiger partial charge in [-0.15, -0.1) is 0 Å². The number of benzene rings is 1. The Hall–Kier alpha value is -2.04. The molecule has 0 saturated carbocycles. The van der Waals surface area contributed by atoms with E-state index in [4.69, 9.17) is 4.74 Å². The smallest absolute Gasteiger partial charge is 0.243 e. The maximum Gasteiger partial charge on any atom is 0.243 e. The maximum absolute atomic E-state index is 12.0. The number of para-hydroxylation sites is 2. The Morgan fingerprint density at radius 1 is 1.14 bits per heavy atom. The molecule has 0 atom stereocenters. The van der Waals surface area contributed by atoms with Gasteiger partial charge in [0.2, 0.25) is 11.8 Å². The summed E-state index contributed by atoms with van der Waals surface area (Å²) in [6, 6.07) is 7.25. The van der Waals surface area contributed by atoms with Gasteiger partial charge in [-0.2, -0.15) is 0 Å². The summed E-state index contributed by atoms with van der Waals surface area (Å²) in [4.78, 5) is 23.8. The minimum absolute atomic E-state index is 0.0209. The summed E-state index contributed by atoms with van der Waals surface area (Å²) in [6.45, 7) is 7.74. The number of ether oxygens (including phenoxy) is 1. The molecule has 2 N–H and O–H groups in total. The second-order valence-electron chi connectivity index (χ2n) is 5.44. The van der Waals surface area contributed by atoms with Crippen LogP contribution in [0.25, 0.3) is 0 Å². The van der Waals surface area contributed by atoms with Gasteiger partial charge in [0.05, 0.1) is 18.3 Å². The molecular weight excluding hydrogens is 280 g/mol. The number of hydrogen-bond donors (Lipinski definition) is 2. The molecule has 122 valence electrons. The summed E-state index contributed by atoms with van der Waals surface area (Å²) < 4.78 is 5.64. The van der Waals surface area contributed by atoms with Crippen molar-refractivity contribution in [3.63, 3.8) is 0 Å². The van der Waals surface area contributed by atoms with E-state index in [0.29, 0.717) is 11.4 Å². The molecule has 0 bridgehead atoms. The van der Waals surface area contributed by atoms with Crippen LogP contribution < -0.4 is 15.4 Å². The zero-order chi connectivity index (χ0) is 16.5. The molecule has 0 aliphatic heterocycles. The lowest BCUT2D eigenvalue weighted by molar-refractivity contribution is -0.127. The molecule has 0 aromatic heterocycles. The molecular formula is C17H26N2O3. The van der Waals surface area contributed by atoms with Crippen LogP contribution in [-0.4, -0.2) is 24.5 Å². The molecule has 5 nitrogen and oxygen atoms in total. The van der Waals surface area contributed by atoms with E-state index in [2.05, 4.69) is 10.6 Å². The van der Waals surface area contributed by atoms with Crippen molar-refractivity contribution in [2.45, 2.75) is 46.6 Å². The van der Waals surface area contributed by atoms with Gasteiger partial charge in [0, 0.05) is 5.92 Å². The molecule has 0 aliphatic carbocycles. The van der Waals surface area contributed by atoms with Crippen molar-refractivity contribution in [3.05, 3.63) is 24.3 Å². The van der Waals surface area contributed by atoms with Crippen LogP contribution in [0.2, 0.25) is 0 Å². The van der Waals surface area contributed by atoms with E-state index in [9.17, 15) is 9.59 Å². The standard InChI is InChI=1S/C17H26N2O3/c1-5-13(6-2)17(21)18-11-16(20)19-14-9-7-8-10-15(14)22-12(3)4/h7-10,12-13H,5-6,11H2,1-4H3,(H,18,21)(H,19,20). The number of rotatable bonds is 8. The molecule has 22 heavy (non-hydrogen) atoms. The first-order valence-electron chi connectivity index (χ1n) is 7.81. The van der Waals surface area contributed by atoms with Crippen LogP contribution in [0.5, 0.6) is 5.75 Å². The summed E-state index contributed by atoms with van der Waals surface area (Å²) in [5, 5.41) is 5.44. The Morgan fingerprint density at radius 3 is 2.36 bits per heavy atom. The number of carbonyl (C=O) groups excluding carboxylic acids is 2. The fourth-order valence-electron chi connectivity index (χ4n) is 2.09. The first kappa shape index (κ1) is 18.0. The van der Waals surface area contributed by atoms with Crippen molar-refractivity contribution in [3.8, 4) is 5.75 Å². The normalized spacial score (nSPS) is 10.6. The van der Waals surface area contributed by atoms with Gasteiger partial charge in [-0.3, -0.25) is 9.59 Å². The second-order valence-corrected chi connectivity index (χ2v) is 5.44. The summed E-state index contributed by atoms with van der Waals surface area (Å²) in [5.41, 5.74) is 0.609. The van der Waals surface area contributed by atoms with Gasteiger partial charge in [-0.25, -0.2) is 0 Å². The number of nitrogens with one attached hydrogen (secondary N) is 2. The summed E-state index contributed by atoms with van der Waals surface area (Å²) in [6.07, 6.45) is 1.57. The Balaban J connectivity index is 2.57. The van der Waals surface area contributed by atoms with Gasteiger partial charge in [0.15, 0.2) is 0 Å². The largest absolute Gasteiger partial charge is 0.489 e. The van der Waals surface area contributed by atoms with E-state index < -0.39 is 0 Å². The number of carbonyl (C=O) groups is 2. The van der Waals surface area contributed by atoms with Gasteiger partial charge >= 0.3 is 0 Å². The van der Waals surface area contributed by atoms with Crippen LogP contribution in [0.15, 0.2) is 24.3 Å². The van der Waals surface area contributed by atoms with E-state index in [1.165, 1.54) is 0 Å². The molecule has 0 radical (unpaired) electrons. The minimum atomic E-state index is -0.265. The molecule has 5 heteroatoms. The highest BCUT2D eigenvalue weighted by Gasteiger charge is 2.15. The molecule has 1 aromatic carbocycles. The lowest BCUT2D eigenvalue weighted by atomic mass is 10.0. The van der Waals surface area contributed by atoms with E-state index in [1.807, 2.05) is 39.8 Å². The number of hydrogen-bond acceptors (Lipinski definition) is 3. The first-order chi connectivity index (χ1) is 10.5. The summed E-state index contributed by atoms with van der Waals surface area (Å²) >= 11 is 0. The van der Waals surface area contributed by atoms with Crippen LogP contribution >= 0.6 is 0 Å². The fourth-order valence-corrected chi connectivity index (χ4v) is 2.09. The van der Waals surface area contributed by atoms with E-state index >= 15 is 0 Å². The third-order valence-corrected chi connectivity index (χ3v) is 3.30. The maximum atomic E-state index is 12.0. The topological polar surface area (TPSA) is 67.4 Å². The van der Waals surface area contributed by atoms with Gasteiger partial charge < -0.3 is 15.4 Å². The van der Waals surface area contributed by atoms with Crippen molar-refractivity contribution in [2.75, 3.05) is 11.9 Å². The SMILES string of the molecule is CCC(CC)C(=O)NCC(=O)Nc1ccccc1OC(C)C. The van der Waals surface area contributed by atoms with E-state index in [-0.39, 0.29) is 30.4 Å². The average Bonchev–Trinajstić information content (AvgIpc) is 2.48. The predicted molar refractivity (Wildman–Crippen MR) is 87.9 cm³/mol. The predicted octanol–water partition coefficient (Wildman–Crippen LogP) is 2.96. The zero-order valence-corrected chi connectivity index (χ0v) is 13.8. The third kappa shape index (κ3) is 5.76. The Labute approximate surface area is 132 Å². The highest BCUT2D eigenvalue weighted by Crippen LogP contribution is 2.24.